The molecule has 0 amide bonds. The van der Waals surface area contributed by atoms with Gasteiger partial charge in [0.1, 0.15) is 0 Å². The van der Waals surface area contributed by atoms with E-state index in [0.717, 1.165) is 39.1 Å². The second kappa shape index (κ2) is 4.66. The van der Waals surface area contributed by atoms with Crippen LogP contribution in [0.25, 0.3) is 0 Å². The minimum atomic E-state index is 0.294. The van der Waals surface area contributed by atoms with Crippen molar-refractivity contribution >= 4 is 0 Å². The highest BCUT2D eigenvalue weighted by Crippen LogP contribution is 1.97. The summed E-state index contributed by atoms with van der Waals surface area (Å²) in [4.78, 5) is 2.33. The lowest BCUT2D eigenvalue weighted by molar-refractivity contribution is 0.125. The van der Waals surface area contributed by atoms with Crippen molar-refractivity contribution in [2.75, 3.05) is 39.3 Å². The van der Waals surface area contributed by atoms with Crippen molar-refractivity contribution in [1.82, 2.24) is 9.91 Å². The van der Waals surface area contributed by atoms with Crippen molar-refractivity contribution in [3.63, 3.8) is 0 Å². The maximum Gasteiger partial charge on any atom is 0.0443 e. The van der Waals surface area contributed by atoms with Crippen LogP contribution in [0.1, 0.15) is 6.42 Å². The van der Waals surface area contributed by atoms with Gasteiger partial charge in [-0.1, -0.05) is 0 Å². The van der Waals surface area contributed by atoms with E-state index >= 15 is 0 Å². The molecule has 66 valence electrons. The molecule has 0 spiro atoms. The summed E-state index contributed by atoms with van der Waals surface area (Å²) in [5, 5.41) is 10.4. The van der Waals surface area contributed by atoms with Crippen LogP contribution in [0.4, 0.5) is 0 Å². The van der Waals surface area contributed by atoms with Gasteiger partial charge in [0, 0.05) is 39.3 Å². The fourth-order valence-electron chi connectivity index (χ4n) is 1.28. The number of nitrogens with two attached hydrogens (primary N) is 1. The zero-order valence-corrected chi connectivity index (χ0v) is 6.87. The van der Waals surface area contributed by atoms with Gasteiger partial charge in [-0.05, 0) is 6.42 Å². The number of piperazine rings is 1. The molecule has 0 atom stereocenters. The molecule has 0 aromatic carbocycles. The molecule has 0 saturated carbocycles. The first-order valence-electron chi connectivity index (χ1n) is 4.16. The highest BCUT2D eigenvalue weighted by molar-refractivity contribution is 4.67. The molecule has 0 radical (unpaired) electrons. The Labute approximate surface area is 67.5 Å². The summed E-state index contributed by atoms with van der Waals surface area (Å²) >= 11 is 0. The summed E-state index contributed by atoms with van der Waals surface area (Å²) < 4.78 is 0. The standard InChI is InChI=1S/C7H17N3O/c8-10-5-3-9(4-6-10)2-1-7-11/h11H,1-8H2. The van der Waals surface area contributed by atoms with Crippen LogP contribution < -0.4 is 5.84 Å². The van der Waals surface area contributed by atoms with Crippen LogP contribution in [0.5, 0.6) is 0 Å². The zero-order chi connectivity index (χ0) is 8.10. The first-order chi connectivity index (χ1) is 5.33. The number of hydrogen-bond donors (Lipinski definition) is 2. The molecule has 1 saturated heterocycles. The molecule has 1 heterocycles. The maximum absolute atomic E-state index is 8.59. The van der Waals surface area contributed by atoms with Crippen LogP contribution in [0.2, 0.25) is 0 Å². The van der Waals surface area contributed by atoms with Gasteiger partial charge in [0.05, 0.1) is 0 Å². The molecule has 0 bridgehead atoms. The molecule has 1 rings (SSSR count). The lowest BCUT2D eigenvalue weighted by Gasteiger charge is -2.31. The minimum absolute atomic E-state index is 0.294. The highest BCUT2D eigenvalue weighted by Gasteiger charge is 2.12. The maximum atomic E-state index is 8.59. The van der Waals surface area contributed by atoms with Gasteiger partial charge in [-0.25, -0.2) is 5.01 Å². The van der Waals surface area contributed by atoms with E-state index in [1.165, 1.54) is 0 Å². The van der Waals surface area contributed by atoms with E-state index in [4.69, 9.17) is 10.9 Å². The average Bonchev–Trinajstić information content (AvgIpc) is 2.04. The van der Waals surface area contributed by atoms with E-state index in [-0.39, 0.29) is 0 Å². The van der Waals surface area contributed by atoms with Gasteiger partial charge in [-0.3, -0.25) is 5.84 Å². The molecular weight excluding hydrogens is 142 g/mol. The Kier molecular flexibility index (Phi) is 3.79. The summed E-state index contributed by atoms with van der Waals surface area (Å²) in [7, 11) is 0. The van der Waals surface area contributed by atoms with Gasteiger partial charge in [0.15, 0.2) is 0 Å². The van der Waals surface area contributed by atoms with Crippen molar-refractivity contribution in [1.29, 1.82) is 0 Å². The molecule has 0 aromatic rings. The van der Waals surface area contributed by atoms with Crippen LogP contribution >= 0.6 is 0 Å². The van der Waals surface area contributed by atoms with E-state index in [1.807, 2.05) is 5.01 Å². The number of aliphatic hydroxyl groups excluding tert-OH is 1. The van der Waals surface area contributed by atoms with Crippen molar-refractivity contribution in [3.8, 4) is 0 Å². The predicted molar refractivity (Wildman–Crippen MR) is 43.9 cm³/mol. The molecular formula is C7H17N3O. The Morgan fingerprint density at radius 2 is 1.82 bits per heavy atom. The van der Waals surface area contributed by atoms with E-state index < -0.39 is 0 Å². The topological polar surface area (TPSA) is 52.7 Å². The number of nitrogens with zero attached hydrogens (tertiary/aromatic N) is 2. The SMILES string of the molecule is NN1CCN(CCCO)CC1. The number of hydrazine groups is 1. The van der Waals surface area contributed by atoms with E-state index in [2.05, 4.69) is 4.90 Å². The molecule has 1 aliphatic rings. The first kappa shape index (κ1) is 8.93. The number of aliphatic hydroxyl groups is 1. The average molecular weight is 159 g/mol. The van der Waals surface area contributed by atoms with E-state index in [1.54, 1.807) is 0 Å². The minimum Gasteiger partial charge on any atom is -0.396 e. The van der Waals surface area contributed by atoms with E-state index in [0.29, 0.717) is 6.61 Å². The van der Waals surface area contributed by atoms with Gasteiger partial charge < -0.3 is 10.0 Å². The van der Waals surface area contributed by atoms with Gasteiger partial charge >= 0.3 is 0 Å². The molecule has 3 N–H and O–H groups in total. The zero-order valence-electron chi connectivity index (χ0n) is 6.87. The first-order valence-corrected chi connectivity index (χ1v) is 4.16. The molecule has 4 nitrogen and oxygen atoms in total. The van der Waals surface area contributed by atoms with Gasteiger partial charge in [0.2, 0.25) is 0 Å². The number of rotatable bonds is 3. The Hall–Kier alpha value is -0.160. The second-order valence-electron chi connectivity index (χ2n) is 2.95. The van der Waals surface area contributed by atoms with Crippen molar-refractivity contribution in [2.45, 2.75) is 6.42 Å². The summed E-state index contributed by atoms with van der Waals surface area (Å²) in [5.41, 5.74) is 0. The fraction of sp³-hybridized carbons (Fsp3) is 1.00. The van der Waals surface area contributed by atoms with Crippen LogP contribution in [0, 0.1) is 0 Å². The monoisotopic (exact) mass is 159 g/mol. The van der Waals surface area contributed by atoms with Gasteiger partial charge in [-0.15, -0.1) is 0 Å². The Morgan fingerprint density at radius 1 is 1.18 bits per heavy atom. The van der Waals surface area contributed by atoms with E-state index in [9.17, 15) is 0 Å². The fourth-order valence-corrected chi connectivity index (χ4v) is 1.28. The molecule has 1 fully saturated rings. The van der Waals surface area contributed by atoms with Crippen LogP contribution in [0.15, 0.2) is 0 Å². The quantitative estimate of drug-likeness (QED) is 0.511. The Bertz CT molecular complexity index is 99.1. The van der Waals surface area contributed by atoms with Crippen molar-refractivity contribution in [3.05, 3.63) is 0 Å². The molecule has 4 heteroatoms. The summed E-state index contributed by atoms with van der Waals surface area (Å²) in [6.07, 6.45) is 0.880. The largest absolute Gasteiger partial charge is 0.396 e. The summed E-state index contributed by atoms with van der Waals surface area (Å²) in [6.45, 7) is 5.27. The third-order valence-electron chi connectivity index (χ3n) is 2.04. The second-order valence-corrected chi connectivity index (χ2v) is 2.95. The number of hydrogen-bond acceptors (Lipinski definition) is 4. The summed E-state index contributed by atoms with van der Waals surface area (Å²) in [5.74, 6) is 5.58. The van der Waals surface area contributed by atoms with Gasteiger partial charge in [0.25, 0.3) is 0 Å². The highest BCUT2D eigenvalue weighted by atomic mass is 16.3. The lowest BCUT2D eigenvalue weighted by atomic mass is 10.3. The Balaban J connectivity index is 2.07. The van der Waals surface area contributed by atoms with Crippen LogP contribution in [0.3, 0.4) is 0 Å². The normalized spacial score (nSPS) is 22.4. The molecule has 0 aromatic heterocycles. The Morgan fingerprint density at radius 3 is 2.36 bits per heavy atom. The molecule has 1 aliphatic heterocycles. The van der Waals surface area contributed by atoms with Gasteiger partial charge in [-0.2, -0.15) is 0 Å². The lowest BCUT2D eigenvalue weighted by Crippen LogP contribution is -2.49. The van der Waals surface area contributed by atoms with Crippen molar-refractivity contribution in [2.24, 2.45) is 5.84 Å². The third kappa shape index (κ3) is 3.16. The summed E-state index contributed by atoms with van der Waals surface area (Å²) in [6, 6.07) is 0. The van der Waals surface area contributed by atoms with Crippen LogP contribution in [-0.2, 0) is 0 Å². The molecule has 0 aliphatic carbocycles. The molecule has 11 heavy (non-hydrogen) atoms. The van der Waals surface area contributed by atoms with Crippen molar-refractivity contribution < 1.29 is 5.11 Å². The smallest absolute Gasteiger partial charge is 0.0443 e. The molecule has 0 unspecified atom stereocenters. The predicted octanol–water partition coefficient (Wildman–Crippen LogP) is -1.14. The van der Waals surface area contributed by atoms with Crippen LogP contribution in [-0.4, -0.2) is 54.3 Å². The third-order valence-corrected chi connectivity index (χ3v) is 2.04.